The molecule has 0 aromatic heterocycles. The minimum absolute atomic E-state index is 0.0439. The maximum absolute atomic E-state index is 13.0. The van der Waals surface area contributed by atoms with E-state index >= 15 is 0 Å². The van der Waals surface area contributed by atoms with Crippen LogP contribution >= 0.6 is 0 Å². The Bertz CT molecular complexity index is 1070. The largest absolute Gasteiger partial charge is 0.364 e. The number of benzene rings is 2. The predicted molar refractivity (Wildman–Crippen MR) is 124 cm³/mol. The highest BCUT2D eigenvalue weighted by Gasteiger charge is 2.30. The lowest BCUT2D eigenvalue weighted by Crippen LogP contribution is -2.52. The van der Waals surface area contributed by atoms with Crippen molar-refractivity contribution in [2.45, 2.75) is 49.2 Å². The average molecular weight is 455 g/mol. The highest BCUT2D eigenvalue weighted by molar-refractivity contribution is 7.89. The second kappa shape index (κ2) is 8.84. The molecule has 2 fully saturated rings. The van der Waals surface area contributed by atoms with Crippen LogP contribution in [0.2, 0.25) is 0 Å². The van der Waals surface area contributed by atoms with Crippen molar-refractivity contribution in [1.82, 2.24) is 14.5 Å². The van der Waals surface area contributed by atoms with Gasteiger partial charge in [0.2, 0.25) is 10.0 Å². The van der Waals surface area contributed by atoms with E-state index in [1.807, 2.05) is 17.0 Å². The molecule has 0 radical (unpaired) electrons. The molecule has 1 aliphatic carbocycles. The molecule has 1 saturated carbocycles. The van der Waals surface area contributed by atoms with Crippen LogP contribution in [-0.2, 0) is 10.0 Å². The van der Waals surface area contributed by atoms with Crippen LogP contribution in [0.1, 0.15) is 54.2 Å². The van der Waals surface area contributed by atoms with Crippen molar-refractivity contribution in [2.24, 2.45) is 0 Å². The Hall–Kier alpha value is -2.42. The summed E-state index contributed by atoms with van der Waals surface area (Å²) in [6.45, 7) is 3.42. The number of anilines is 1. The summed E-state index contributed by atoms with van der Waals surface area (Å²) in [6.07, 6.45) is 6.02. The van der Waals surface area contributed by atoms with Gasteiger partial charge >= 0.3 is 0 Å². The molecule has 0 bridgehead atoms. The Morgan fingerprint density at radius 3 is 2.28 bits per heavy atom. The number of carbonyl (C=O) groups is 1. The third-order valence-corrected chi connectivity index (χ3v) is 8.41. The Morgan fingerprint density at radius 1 is 0.875 bits per heavy atom. The first-order chi connectivity index (χ1) is 15.5. The first-order valence-corrected chi connectivity index (χ1v) is 13.0. The average Bonchev–Trinajstić information content (AvgIpc) is 2.84. The van der Waals surface area contributed by atoms with Gasteiger partial charge in [-0.25, -0.2) is 8.42 Å². The fraction of sp³-hybridized carbons (Fsp3) is 0.458. The van der Waals surface area contributed by atoms with Gasteiger partial charge in [-0.2, -0.15) is 4.72 Å². The van der Waals surface area contributed by atoms with E-state index in [0.29, 0.717) is 17.3 Å². The number of nitrogens with zero attached hydrogens (tertiary/aromatic N) is 2. The van der Waals surface area contributed by atoms with Gasteiger partial charge in [-0.1, -0.05) is 43.5 Å². The zero-order chi connectivity index (χ0) is 22.1. The van der Waals surface area contributed by atoms with Gasteiger partial charge in [0.05, 0.1) is 5.69 Å². The number of hydrogen-bond acceptors (Lipinski definition) is 5. The molecule has 170 valence electrons. The van der Waals surface area contributed by atoms with Crippen LogP contribution < -0.4 is 10.0 Å². The Morgan fingerprint density at radius 2 is 1.56 bits per heavy atom. The van der Waals surface area contributed by atoms with Crippen LogP contribution in [-0.4, -0.2) is 56.3 Å². The first kappa shape index (κ1) is 21.4. The van der Waals surface area contributed by atoms with E-state index in [4.69, 9.17) is 0 Å². The van der Waals surface area contributed by atoms with Gasteiger partial charge in [-0.15, -0.1) is 0 Å². The molecule has 32 heavy (non-hydrogen) atoms. The number of hydrogen-bond donors (Lipinski definition) is 2. The second-order valence-electron chi connectivity index (χ2n) is 8.94. The molecule has 1 atom stereocenters. The molecule has 2 aromatic rings. The van der Waals surface area contributed by atoms with E-state index in [-0.39, 0.29) is 10.8 Å². The van der Waals surface area contributed by atoms with Gasteiger partial charge in [0.1, 0.15) is 11.1 Å². The van der Waals surface area contributed by atoms with Crippen molar-refractivity contribution < 1.29 is 13.2 Å². The molecule has 7 nitrogen and oxygen atoms in total. The van der Waals surface area contributed by atoms with Gasteiger partial charge in [0.25, 0.3) is 5.91 Å². The molecular formula is C24H30N4O3S. The maximum atomic E-state index is 13.0. The van der Waals surface area contributed by atoms with Crippen molar-refractivity contribution in [3.63, 3.8) is 0 Å². The number of sulfonamides is 1. The summed E-state index contributed by atoms with van der Waals surface area (Å²) >= 11 is 0. The number of rotatable bonds is 3. The van der Waals surface area contributed by atoms with Crippen molar-refractivity contribution in [3.8, 4) is 0 Å². The van der Waals surface area contributed by atoms with E-state index in [9.17, 15) is 13.2 Å². The van der Waals surface area contributed by atoms with Crippen molar-refractivity contribution in [3.05, 3.63) is 59.7 Å². The number of fused-ring (bicyclic) bond motifs is 1. The zero-order valence-electron chi connectivity index (χ0n) is 18.2. The van der Waals surface area contributed by atoms with Crippen LogP contribution in [0.25, 0.3) is 0 Å². The summed E-state index contributed by atoms with van der Waals surface area (Å²) in [7, 11) is -3.59. The number of piperazine rings is 1. The zero-order valence-corrected chi connectivity index (χ0v) is 19.0. The third-order valence-electron chi connectivity index (χ3n) is 6.93. The molecule has 0 unspecified atom stereocenters. The fourth-order valence-electron chi connectivity index (χ4n) is 5.11. The summed E-state index contributed by atoms with van der Waals surface area (Å²) < 4.78 is 27.8. The van der Waals surface area contributed by atoms with Gasteiger partial charge in [0, 0.05) is 37.8 Å². The normalized spacial score (nSPS) is 23.9. The molecule has 3 aliphatic rings. The molecule has 5 rings (SSSR count). The van der Waals surface area contributed by atoms with Gasteiger partial charge < -0.3 is 10.2 Å². The third kappa shape index (κ3) is 4.27. The van der Waals surface area contributed by atoms with Crippen molar-refractivity contribution >= 4 is 21.6 Å². The SMILES string of the molecule is O=C(c1ccc([C@@H]2Nc3ccccc3S(=O)(=O)N2)cc1)N1CCN(C2CCCCC2)CC1. The maximum Gasteiger partial charge on any atom is 0.253 e. The molecular weight excluding hydrogens is 424 g/mol. The fourth-order valence-corrected chi connectivity index (χ4v) is 6.42. The topological polar surface area (TPSA) is 81.7 Å². The number of carbonyl (C=O) groups excluding carboxylic acids is 1. The molecule has 2 aromatic carbocycles. The Labute approximate surface area is 189 Å². The summed E-state index contributed by atoms with van der Waals surface area (Å²) in [5.74, 6) is 0.0439. The monoisotopic (exact) mass is 454 g/mol. The predicted octanol–water partition coefficient (Wildman–Crippen LogP) is 3.18. The van der Waals surface area contributed by atoms with E-state index in [1.54, 1.807) is 36.4 Å². The van der Waals surface area contributed by atoms with E-state index in [2.05, 4.69) is 14.9 Å². The van der Waals surface area contributed by atoms with Crippen LogP contribution in [0.3, 0.4) is 0 Å². The highest BCUT2D eigenvalue weighted by Crippen LogP contribution is 2.31. The van der Waals surface area contributed by atoms with Gasteiger partial charge in [0.15, 0.2) is 0 Å². The molecule has 8 heteroatoms. The van der Waals surface area contributed by atoms with Gasteiger partial charge in [-0.3, -0.25) is 9.69 Å². The minimum Gasteiger partial charge on any atom is -0.364 e. The quantitative estimate of drug-likeness (QED) is 0.745. The molecule has 1 amide bonds. The summed E-state index contributed by atoms with van der Waals surface area (Å²) in [5, 5.41) is 3.23. The van der Waals surface area contributed by atoms with Crippen molar-refractivity contribution in [1.29, 1.82) is 0 Å². The number of amides is 1. The first-order valence-electron chi connectivity index (χ1n) is 11.5. The van der Waals surface area contributed by atoms with Crippen LogP contribution in [0.4, 0.5) is 5.69 Å². The smallest absolute Gasteiger partial charge is 0.253 e. The lowest BCUT2D eigenvalue weighted by molar-refractivity contribution is 0.0523. The molecule has 0 spiro atoms. The molecule has 1 saturated heterocycles. The summed E-state index contributed by atoms with van der Waals surface area (Å²) in [4.78, 5) is 17.8. The van der Waals surface area contributed by atoms with Gasteiger partial charge in [-0.05, 0) is 42.7 Å². The Balaban J connectivity index is 1.23. The van der Waals surface area contributed by atoms with E-state index < -0.39 is 16.2 Å². The minimum atomic E-state index is -3.59. The molecule has 2 heterocycles. The number of para-hydroxylation sites is 1. The summed E-state index contributed by atoms with van der Waals surface area (Å²) in [5.41, 5.74) is 1.98. The van der Waals surface area contributed by atoms with E-state index in [1.165, 1.54) is 32.1 Å². The lowest BCUT2D eigenvalue weighted by atomic mass is 9.94. The summed E-state index contributed by atoms with van der Waals surface area (Å²) in [6, 6.07) is 14.8. The number of nitrogens with one attached hydrogen (secondary N) is 2. The molecule has 2 aliphatic heterocycles. The highest BCUT2D eigenvalue weighted by atomic mass is 32.2. The Kier molecular flexibility index (Phi) is 5.92. The van der Waals surface area contributed by atoms with Crippen molar-refractivity contribution in [2.75, 3.05) is 31.5 Å². The van der Waals surface area contributed by atoms with Crippen LogP contribution in [0.5, 0.6) is 0 Å². The van der Waals surface area contributed by atoms with Crippen LogP contribution in [0.15, 0.2) is 53.4 Å². The molecule has 2 N–H and O–H groups in total. The van der Waals surface area contributed by atoms with Crippen LogP contribution in [0, 0.1) is 0 Å². The standard InChI is InChI=1S/C24H30N4O3S/c29-24(28-16-14-27(15-17-28)20-6-2-1-3-7-20)19-12-10-18(11-13-19)23-25-21-8-4-5-9-22(21)32(30,31)26-23/h4-5,8-13,20,23,25-26H,1-3,6-7,14-17H2/t23-/m1/s1. The second-order valence-corrected chi connectivity index (χ2v) is 10.6. The van der Waals surface area contributed by atoms with E-state index in [0.717, 1.165) is 31.7 Å². The lowest BCUT2D eigenvalue weighted by Gasteiger charge is -2.40.